The van der Waals surface area contributed by atoms with Crippen LogP contribution in [0.2, 0.25) is 0 Å². The molecule has 0 bridgehead atoms. The minimum atomic E-state index is -4.61. The molecular weight excluding hydrogens is 421 g/mol. The highest BCUT2D eigenvalue weighted by molar-refractivity contribution is 5.99. The molecule has 0 fully saturated rings. The Hall–Kier alpha value is -3.82. The number of fused-ring (bicyclic) bond motifs is 1. The Balaban J connectivity index is 1.61. The Morgan fingerprint density at radius 1 is 1.19 bits per heavy atom. The number of benzene rings is 2. The molecule has 4 N–H and O–H groups in total. The van der Waals surface area contributed by atoms with Crippen LogP contribution in [0.3, 0.4) is 0 Å². The van der Waals surface area contributed by atoms with Crippen molar-refractivity contribution in [2.24, 2.45) is 0 Å². The average Bonchev–Trinajstić information content (AvgIpc) is 3.11. The zero-order chi connectivity index (χ0) is 22.9. The predicted octanol–water partition coefficient (Wildman–Crippen LogP) is 4.70. The highest BCUT2D eigenvalue weighted by Gasteiger charge is 2.35. The fourth-order valence-corrected chi connectivity index (χ4v) is 3.56. The maximum absolute atomic E-state index is 13.6. The Morgan fingerprint density at radius 2 is 2.00 bits per heavy atom. The third-order valence-electron chi connectivity index (χ3n) is 5.19. The number of anilines is 5. The molecule has 2 aromatic carbocycles. The van der Waals surface area contributed by atoms with Crippen molar-refractivity contribution in [3.05, 3.63) is 64.8 Å². The molecule has 166 valence electrons. The van der Waals surface area contributed by atoms with Crippen molar-refractivity contribution in [2.75, 3.05) is 28.3 Å². The number of hydrogen-bond donors (Lipinski definition) is 4. The van der Waals surface area contributed by atoms with Crippen LogP contribution in [-0.4, -0.2) is 22.9 Å². The van der Waals surface area contributed by atoms with E-state index in [0.717, 1.165) is 34.3 Å². The minimum Gasteiger partial charge on any atom is -0.388 e. The fourth-order valence-electron chi connectivity index (χ4n) is 3.56. The summed E-state index contributed by atoms with van der Waals surface area (Å²) < 4.78 is 40.7. The van der Waals surface area contributed by atoms with Crippen molar-refractivity contribution in [1.82, 2.24) is 9.97 Å². The molecule has 0 atom stereocenters. The highest BCUT2D eigenvalue weighted by Crippen LogP contribution is 2.35. The van der Waals surface area contributed by atoms with Gasteiger partial charge in [0.2, 0.25) is 11.9 Å². The molecule has 10 heteroatoms. The molecule has 7 nitrogen and oxygen atoms in total. The molecule has 3 aromatic rings. The molecule has 0 spiro atoms. The van der Waals surface area contributed by atoms with Crippen LogP contribution in [0.15, 0.2) is 42.6 Å². The SMILES string of the molecule is CNc1cccc(C)c1CNc1nc(Nc2ccc3c(c2)CC(=O)N3)ncc1C(F)(F)F. The molecule has 0 saturated carbocycles. The molecule has 2 heterocycles. The summed E-state index contributed by atoms with van der Waals surface area (Å²) in [5.41, 5.74) is 3.73. The van der Waals surface area contributed by atoms with Gasteiger partial charge in [0.15, 0.2) is 0 Å². The number of halogens is 3. The van der Waals surface area contributed by atoms with Crippen molar-refractivity contribution in [3.63, 3.8) is 0 Å². The number of rotatable bonds is 6. The second-order valence-electron chi connectivity index (χ2n) is 7.38. The van der Waals surface area contributed by atoms with Crippen LogP contribution in [-0.2, 0) is 23.9 Å². The van der Waals surface area contributed by atoms with Gasteiger partial charge < -0.3 is 21.3 Å². The van der Waals surface area contributed by atoms with Crippen molar-refractivity contribution < 1.29 is 18.0 Å². The van der Waals surface area contributed by atoms with E-state index in [1.165, 1.54) is 0 Å². The van der Waals surface area contributed by atoms with E-state index in [1.54, 1.807) is 25.2 Å². The largest absolute Gasteiger partial charge is 0.421 e. The molecule has 1 aromatic heterocycles. The van der Waals surface area contributed by atoms with Gasteiger partial charge in [-0.15, -0.1) is 0 Å². The number of nitrogens with zero attached hydrogens (tertiary/aromatic N) is 2. The lowest BCUT2D eigenvalue weighted by molar-refractivity contribution is -0.137. The van der Waals surface area contributed by atoms with Crippen LogP contribution in [0.4, 0.5) is 42.0 Å². The summed E-state index contributed by atoms with van der Waals surface area (Å²) in [7, 11) is 1.76. The number of amides is 1. The van der Waals surface area contributed by atoms with Crippen LogP contribution >= 0.6 is 0 Å². The van der Waals surface area contributed by atoms with Crippen LogP contribution in [0.25, 0.3) is 0 Å². The second kappa shape index (κ2) is 8.37. The van der Waals surface area contributed by atoms with Gasteiger partial charge in [0.1, 0.15) is 11.4 Å². The number of nitrogens with one attached hydrogen (secondary N) is 4. The lowest BCUT2D eigenvalue weighted by atomic mass is 10.1. The smallest absolute Gasteiger partial charge is 0.388 e. The molecule has 0 radical (unpaired) electrons. The molecule has 0 aliphatic carbocycles. The lowest BCUT2D eigenvalue weighted by Gasteiger charge is -2.17. The van der Waals surface area contributed by atoms with Crippen LogP contribution in [0.1, 0.15) is 22.3 Å². The van der Waals surface area contributed by atoms with Crippen molar-refractivity contribution >= 4 is 34.7 Å². The summed E-state index contributed by atoms with van der Waals surface area (Å²) in [5.74, 6) is -0.416. The van der Waals surface area contributed by atoms with Crippen molar-refractivity contribution in [3.8, 4) is 0 Å². The van der Waals surface area contributed by atoms with Crippen LogP contribution in [0, 0.1) is 6.92 Å². The first-order chi connectivity index (χ1) is 15.2. The van der Waals surface area contributed by atoms with Crippen molar-refractivity contribution in [2.45, 2.75) is 26.1 Å². The molecule has 4 rings (SSSR count). The van der Waals surface area contributed by atoms with E-state index < -0.39 is 11.7 Å². The van der Waals surface area contributed by atoms with Gasteiger partial charge in [0.05, 0.1) is 6.42 Å². The number of aryl methyl sites for hydroxylation is 1. The fraction of sp³-hybridized carbons (Fsp3) is 0.227. The molecule has 32 heavy (non-hydrogen) atoms. The Labute approximate surface area is 182 Å². The summed E-state index contributed by atoms with van der Waals surface area (Å²) >= 11 is 0. The number of alkyl halides is 3. The molecule has 1 amide bonds. The Bertz CT molecular complexity index is 1180. The normalized spacial score (nSPS) is 12.8. The molecule has 1 aliphatic heterocycles. The summed E-state index contributed by atoms with van der Waals surface area (Å²) in [5, 5.41) is 11.5. The summed E-state index contributed by atoms with van der Waals surface area (Å²) in [6.45, 7) is 2.04. The van der Waals surface area contributed by atoms with Gasteiger partial charge in [0, 0.05) is 36.9 Å². The van der Waals surface area contributed by atoms with E-state index in [2.05, 4.69) is 31.2 Å². The third-order valence-corrected chi connectivity index (χ3v) is 5.19. The van der Waals surface area contributed by atoms with Gasteiger partial charge in [0.25, 0.3) is 0 Å². The first-order valence-electron chi connectivity index (χ1n) is 9.89. The minimum absolute atomic E-state index is 0.0105. The van der Waals surface area contributed by atoms with E-state index in [-0.39, 0.29) is 30.6 Å². The summed E-state index contributed by atoms with van der Waals surface area (Å²) in [4.78, 5) is 19.5. The Morgan fingerprint density at radius 3 is 2.75 bits per heavy atom. The number of aromatic nitrogens is 2. The van der Waals surface area contributed by atoms with Gasteiger partial charge in [-0.05, 0) is 47.9 Å². The zero-order valence-corrected chi connectivity index (χ0v) is 17.4. The van der Waals surface area contributed by atoms with E-state index in [0.29, 0.717) is 5.69 Å². The molecule has 1 aliphatic rings. The first kappa shape index (κ1) is 21.4. The predicted molar refractivity (Wildman–Crippen MR) is 117 cm³/mol. The lowest BCUT2D eigenvalue weighted by Crippen LogP contribution is -2.15. The number of hydrogen-bond acceptors (Lipinski definition) is 6. The van der Waals surface area contributed by atoms with Gasteiger partial charge in [-0.1, -0.05) is 12.1 Å². The first-order valence-corrected chi connectivity index (χ1v) is 9.89. The standard InChI is InChI=1S/C22H21F3N6O/c1-12-4-3-5-18(26-2)15(12)10-27-20-16(22(23,24)25)11-28-21(31-20)29-14-6-7-17-13(8-14)9-19(32)30-17/h3-8,11,26H,9-10H2,1-2H3,(H,30,32)(H2,27,28,29,31). The van der Waals surface area contributed by atoms with Gasteiger partial charge in [-0.3, -0.25) is 4.79 Å². The number of carbonyl (C=O) groups excluding carboxylic acids is 1. The molecular formula is C22H21F3N6O. The van der Waals surface area contributed by atoms with Crippen LogP contribution < -0.4 is 21.3 Å². The highest BCUT2D eigenvalue weighted by atomic mass is 19.4. The Kier molecular flexibility index (Phi) is 5.60. The maximum atomic E-state index is 13.6. The average molecular weight is 442 g/mol. The van der Waals surface area contributed by atoms with E-state index in [1.807, 2.05) is 25.1 Å². The zero-order valence-electron chi connectivity index (χ0n) is 17.4. The van der Waals surface area contributed by atoms with E-state index in [4.69, 9.17) is 0 Å². The maximum Gasteiger partial charge on any atom is 0.421 e. The molecule has 0 saturated heterocycles. The summed E-state index contributed by atoms with van der Waals surface area (Å²) in [6, 6.07) is 10.8. The van der Waals surface area contributed by atoms with Crippen molar-refractivity contribution in [1.29, 1.82) is 0 Å². The monoisotopic (exact) mass is 442 g/mol. The topological polar surface area (TPSA) is 91.0 Å². The quantitative estimate of drug-likeness (QED) is 0.443. The third kappa shape index (κ3) is 4.43. The van der Waals surface area contributed by atoms with Crippen LogP contribution in [0.5, 0.6) is 0 Å². The second-order valence-corrected chi connectivity index (χ2v) is 7.38. The number of carbonyl (C=O) groups is 1. The van der Waals surface area contributed by atoms with Gasteiger partial charge in [-0.2, -0.15) is 18.2 Å². The van der Waals surface area contributed by atoms with Gasteiger partial charge in [-0.25, -0.2) is 4.98 Å². The molecule has 0 unspecified atom stereocenters. The van der Waals surface area contributed by atoms with E-state index >= 15 is 0 Å². The summed E-state index contributed by atoms with van der Waals surface area (Å²) in [6.07, 6.45) is -3.61. The van der Waals surface area contributed by atoms with Gasteiger partial charge >= 0.3 is 6.18 Å². The van der Waals surface area contributed by atoms with E-state index in [9.17, 15) is 18.0 Å².